The number of carbonyl (C=O) groups excluding carboxylic acids is 7. The second kappa shape index (κ2) is 40.0. The molecular weight excluding hydrogens is 1410 g/mol. The summed E-state index contributed by atoms with van der Waals surface area (Å²) in [5, 5.41) is 18.5. The number of nitrogens with zero attached hydrogens (tertiary/aromatic N) is 2. The van der Waals surface area contributed by atoms with Gasteiger partial charge in [-0.25, -0.2) is 23.2 Å². The van der Waals surface area contributed by atoms with Gasteiger partial charge >= 0.3 is 49.8 Å². The summed E-state index contributed by atoms with van der Waals surface area (Å²) in [6.07, 6.45) is 16.7. The molecular formula is C82H114F2N5O18P. The van der Waals surface area contributed by atoms with Crippen molar-refractivity contribution in [2.45, 2.75) is 197 Å². The predicted molar refractivity (Wildman–Crippen MR) is 403 cm³/mol. The monoisotopic (exact) mass is 1530 g/mol. The van der Waals surface area contributed by atoms with E-state index in [1.807, 2.05) is 50.3 Å². The third kappa shape index (κ3) is 21.2. The molecule has 4 aromatic rings. The third-order valence-electron chi connectivity index (χ3n) is 23.0. The highest BCUT2D eigenvalue weighted by Gasteiger charge is 2.59. The Labute approximate surface area is 635 Å². The topological polar surface area (TPSA) is 310 Å². The Kier molecular flexibility index (Phi) is 32.2. The first-order valence-electron chi connectivity index (χ1n) is 37.5. The molecule has 3 aliphatic heterocycles. The first-order valence-corrected chi connectivity index (χ1v) is 39.3. The van der Waals surface area contributed by atoms with Gasteiger partial charge in [0.1, 0.15) is 36.2 Å². The number of alkyl carbamates (subject to hydrolysis) is 3. The molecule has 0 unspecified atom stereocenters. The van der Waals surface area contributed by atoms with E-state index in [4.69, 9.17) is 37.5 Å². The second-order valence-corrected chi connectivity index (χ2v) is 31.3. The first-order chi connectivity index (χ1) is 50.4. The number of aldehydes is 1. The van der Waals surface area contributed by atoms with Crippen LogP contribution in [0.5, 0.6) is 0 Å². The maximum atomic E-state index is 13.6. The number of allylic oxidation sites excluding steroid dienone is 1. The summed E-state index contributed by atoms with van der Waals surface area (Å²) in [7, 11) is -3.16. The third-order valence-corrected chi connectivity index (χ3v) is 25.1. The molecule has 3 saturated heterocycles. The van der Waals surface area contributed by atoms with E-state index in [9.17, 15) is 56.8 Å². The normalized spacial score (nSPS) is 30.9. The van der Waals surface area contributed by atoms with Crippen molar-refractivity contribution >= 4 is 62.1 Å². The van der Waals surface area contributed by atoms with Crippen LogP contribution >= 0.6 is 7.60 Å². The van der Waals surface area contributed by atoms with Gasteiger partial charge in [-0.2, -0.15) is 0 Å². The number of rotatable bonds is 18. The number of carboxylic acid groups (broad SMARTS) is 1. The van der Waals surface area contributed by atoms with Gasteiger partial charge in [0.15, 0.2) is 0 Å². The van der Waals surface area contributed by atoms with Crippen molar-refractivity contribution in [2.75, 3.05) is 33.0 Å². The van der Waals surface area contributed by atoms with Crippen molar-refractivity contribution in [3.8, 4) is 22.3 Å². The molecule has 21 atom stereocenters. The van der Waals surface area contributed by atoms with Crippen molar-refractivity contribution in [1.29, 1.82) is 0 Å². The Morgan fingerprint density at radius 3 is 1.33 bits per heavy atom. The Bertz CT molecular complexity index is 3750. The zero-order valence-corrected chi connectivity index (χ0v) is 62.0. The number of hydrogen-bond acceptors (Lipinski definition) is 19. The van der Waals surface area contributed by atoms with E-state index in [0.29, 0.717) is 69.3 Å². The lowest BCUT2D eigenvalue weighted by Gasteiger charge is -2.47. The molecule has 0 spiro atoms. The molecule has 23 nitrogen and oxygen atoms in total. The largest absolute Gasteiger partial charge is 0.481 e. The van der Waals surface area contributed by atoms with Gasteiger partial charge in [0.2, 0.25) is 0 Å². The molecule has 108 heavy (non-hydrogen) atoms. The van der Waals surface area contributed by atoms with Crippen LogP contribution in [-0.2, 0) is 72.2 Å². The van der Waals surface area contributed by atoms with Gasteiger partial charge in [0.25, 0.3) is 0 Å². The van der Waals surface area contributed by atoms with Crippen LogP contribution < -0.4 is 16.0 Å². The number of aliphatic carboxylic acids is 1. The quantitative estimate of drug-likeness (QED) is 0.0311. The van der Waals surface area contributed by atoms with Crippen LogP contribution in [0.1, 0.15) is 166 Å². The van der Waals surface area contributed by atoms with Crippen LogP contribution in [0.25, 0.3) is 28.3 Å². The summed E-state index contributed by atoms with van der Waals surface area (Å²) in [4.78, 5) is 104. The fourth-order valence-corrected chi connectivity index (χ4v) is 20.4. The molecule has 2 aromatic heterocycles. The fraction of sp³-hybridized carbons (Fsp3) is 0.610. The first kappa shape index (κ1) is 87.1. The minimum Gasteiger partial charge on any atom is -0.481 e. The van der Waals surface area contributed by atoms with Crippen LogP contribution in [0.3, 0.4) is 0 Å². The number of nitrogens with one attached hydrogen (secondary N) is 3. The van der Waals surface area contributed by atoms with Gasteiger partial charge in [0, 0.05) is 65.3 Å². The van der Waals surface area contributed by atoms with E-state index in [2.05, 4.69) is 32.0 Å². The number of amides is 3. The van der Waals surface area contributed by atoms with Crippen LogP contribution in [0.4, 0.5) is 23.2 Å². The minimum absolute atomic E-state index is 0. The summed E-state index contributed by atoms with van der Waals surface area (Å²) < 4.78 is 81.1. The average Bonchev–Trinajstić information content (AvgIpc) is 1.57. The van der Waals surface area contributed by atoms with Crippen LogP contribution in [0.2, 0.25) is 0 Å². The Balaban J connectivity index is 0.000000203. The van der Waals surface area contributed by atoms with E-state index in [0.717, 1.165) is 98.4 Å². The van der Waals surface area contributed by atoms with Gasteiger partial charge < -0.3 is 63.3 Å². The van der Waals surface area contributed by atoms with Crippen molar-refractivity contribution in [3.63, 3.8) is 0 Å². The highest BCUT2D eigenvalue weighted by molar-refractivity contribution is 7.53. The SMILES string of the molecule is C.C.C.CCOC(=O)N[C@@H]1CC[C@@H]2[C@@H](C1)C[C@H]1C(=O)O[C@H](C)[C@H]1[C@H]2/C=C/c1ccc(-c2cccc(F)c2)cn1.CCOC(=O)N[C@@H]1CC[C@@H]2[C@@H](C1)C[C@H]1C(=O)O[C@H](C)[C@H]1[C@H]2C(=O)O.CCOC(=O)N[C@@H]1CC[C@@H]2[C@@H](C1)C[C@H]1C(=O)O[C@H](C)[C@H]1[C@H]2C=O.CCOP(=O)(Cc1ccc(-c2cccc(F)c2)cn1)OCC. The molecule has 9 aliphatic rings. The number of benzene rings is 2. The molecule has 0 radical (unpaired) electrons. The summed E-state index contributed by atoms with van der Waals surface area (Å²) in [6, 6.07) is 20.4. The maximum Gasteiger partial charge on any atom is 0.407 e. The van der Waals surface area contributed by atoms with Gasteiger partial charge in [-0.3, -0.25) is 33.7 Å². The number of carbonyl (C=O) groups is 8. The lowest BCUT2D eigenvalue weighted by molar-refractivity contribution is -0.153. The average molecular weight is 1530 g/mol. The zero-order chi connectivity index (χ0) is 75.2. The van der Waals surface area contributed by atoms with Crippen LogP contribution in [0.15, 0.2) is 91.3 Å². The number of hydrogen-bond donors (Lipinski definition) is 4. The van der Waals surface area contributed by atoms with E-state index in [-0.39, 0.29) is 172 Å². The zero-order valence-electron chi connectivity index (χ0n) is 61.2. The molecule has 5 heterocycles. The lowest BCUT2D eigenvalue weighted by atomic mass is 9.57. The molecule has 0 bridgehead atoms. The van der Waals surface area contributed by atoms with Gasteiger partial charge in [-0.1, -0.05) is 64.8 Å². The van der Waals surface area contributed by atoms with E-state index in [1.54, 1.807) is 72.1 Å². The van der Waals surface area contributed by atoms with Crippen LogP contribution in [-0.4, -0.2) is 133 Å². The van der Waals surface area contributed by atoms with Crippen LogP contribution in [0, 0.1) is 100 Å². The molecule has 6 saturated carbocycles. The number of fused-ring (bicyclic) bond motifs is 6. The maximum absolute atomic E-state index is 13.6. The molecule has 9 fully saturated rings. The number of carboxylic acids is 1. The fourth-order valence-electron chi connectivity index (χ4n) is 18.8. The summed E-state index contributed by atoms with van der Waals surface area (Å²) in [5.41, 5.74) is 4.64. The highest BCUT2D eigenvalue weighted by Crippen LogP contribution is 2.57. The molecule has 2 aromatic carbocycles. The van der Waals surface area contributed by atoms with E-state index in [1.165, 1.54) is 24.3 Å². The van der Waals surface area contributed by atoms with Gasteiger partial charge in [0.05, 0.1) is 74.3 Å². The Hall–Kier alpha value is -8.15. The number of esters is 3. The lowest BCUT2D eigenvalue weighted by Crippen LogP contribution is -2.51. The minimum atomic E-state index is -3.16. The smallest absolute Gasteiger partial charge is 0.407 e. The van der Waals surface area contributed by atoms with Crippen molar-refractivity contribution in [2.24, 2.45) is 88.8 Å². The number of ether oxygens (including phenoxy) is 6. The molecule has 3 amide bonds. The summed E-state index contributed by atoms with van der Waals surface area (Å²) >= 11 is 0. The summed E-state index contributed by atoms with van der Waals surface area (Å²) in [6.45, 7) is 16.2. The van der Waals surface area contributed by atoms with Gasteiger partial charge in [-0.15, -0.1) is 0 Å². The number of aromatic nitrogens is 2. The standard InChI is InChI=1S/C29H33FN2O4.C17H25NO6.C17H25NO5.C16H19FNO3P.3CH4/c1-3-35-29(34)32-23-10-11-24-20(14-23)15-26-27(17(2)36-28(26)33)25(24)12-9-22-8-7-19(16-31-22)18-5-4-6-21(30)13-18;1-3-23-17(22)18-10-4-5-11-9(6-10)7-12-13(14(11)15(19)20)8(2)24-16(12)21;1-3-22-17(21)18-11-4-5-12-10(6-11)7-13-15(14(12)8-19)9(2)23-16(13)20;1-3-20-22(19,21-4-2)12-16-9-8-14(11-18-16)13-6-5-7-15(17)10-13;;;/h4-9,12-13,16-17,20,23-27H,3,10-11,14-15H2,1-2H3,(H,32,34);8-14H,3-7H2,1-2H3,(H,18,22)(H,19,20);8-15H,3-7H2,1-2H3,(H,18,21);5-11H,3-4,12H2,1-2H3;3*1H4/b12-9+;;;;;;/t17-,20+,23-,24-,25+,26-,27+;8-,9+,10-,11-,12-,13-,14+;9-,10+,11-,12-,13-,14+,15-;;;;/m111..../s1. The molecule has 26 heteroatoms. The molecule has 4 N–H and O–H groups in total. The molecule has 594 valence electrons. The summed E-state index contributed by atoms with van der Waals surface area (Å²) in [5.74, 6) is -1.53. The van der Waals surface area contributed by atoms with Gasteiger partial charge in [-0.05, 0) is 227 Å². The Morgan fingerprint density at radius 2 is 0.935 bits per heavy atom. The molecule has 6 aliphatic carbocycles. The van der Waals surface area contributed by atoms with E-state index < -0.39 is 25.6 Å². The molecule has 13 rings (SSSR count). The second-order valence-electron chi connectivity index (χ2n) is 29.2. The van der Waals surface area contributed by atoms with Crippen molar-refractivity contribution in [1.82, 2.24) is 25.9 Å². The number of halogens is 2. The van der Waals surface area contributed by atoms with Crippen molar-refractivity contribution in [3.05, 3.63) is 114 Å². The van der Waals surface area contributed by atoms with E-state index >= 15 is 0 Å². The van der Waals surface area contributed by atoms with Crippen molar-refractivity contribution < 1.29 is 94.3 Å². The highest BCUT2D eigenvalue weighted by atomic mass is 31.2. The predicted octanol–water partition coefficient (Wildman–Crippen LogP) is 15.9. The number of cyclic esters (lactones) is 3. The number of pyridine rings is 2. The Morgan fingerprint density at radius 1 is 0.528 bits per heavy atom.